The van der Waals surface area contributed by atoms with Crippen LogP contribution >= 0.6 is 11.8 Å². The van der Waals surface area contributed by atoms with Crippen LogP contribution in [0.3, 0.4) is 0 Å². The molecule has 0 spiro atoms. The molecular formula is C16H13F3O3S. The number of aliphatic carboxylic acids is 1. The predicted molar refractivity (Wildman–Crippen MR) is 79.7 cm³/mol. The summed E-state index contributed by atoms with van der Waals surface area (Å²) in [4.78, 5) is 12.2. The van der Waals surface area contributed by atoms with Gasteiger partial charge in [0.25, 0.3) is 0 Å². The minimum atomic E-state index is -4.34. The number of hydrogen-bond donors (Lipinski definition) is 1. The summed E-state index contributed by atoms with van der Waals surface area (Å²) in [5, 5.41) is 8.76. The Balaban J connectivity index is 2.02. The van der Waals surface area contributed by atoms with Crippen molar-refractivity contribution in [2.24, 2.45) is 0 Å². The van der Waals surface area contributed by atoms with Crippen LogP contribution in [0.5, 0.6) is 5.75 Å². The Morgan fingerprint density at radius 3 is 1.96 bits per heavy atom. The maximum atomic E-state index is 12.5. The van der Waals surface area contributed by atoms with Gasteiger partial charge in [-0.05, 0) is 55.5 Å². The lowest BCUT2D eigenvalue weighted by molar-refractivity contribution is -0.144. The standard InChI is InChI=1S/C16H13F3O3S/c1-10(15(20)21)22-12-4-8-14(9-5-12)23-13-6-2-11(3-7-13)16(17,18)19/h2-10H,1H3,(H,20,21). The molecule has 0 heterocycles. The molecule has 1 unspecified atom stereocenters. The van der Waals surface area contributed by atoms with Crippen molar-refractivity contribution in [1.29, 1.82) is 0 Å². The summed E-state index contributed by atoms with van der Waals surface area (Å²) >= 11 is 1.30. The Kier molecular flexibility index (Phi) is 5.20. The van der Waals surface area contributed by atoms with E-state index in [1.165, 1.54) is 30.8 Å². The number of benzene rings is 2. The summed E-state index contributed by atoms with van der Waals surface area (Å²) in [7, 11) is 0. The van der Waals surface area contributed by atoms with E-state index in [1.807, 2.05) is 0 Å². The maximum Gasteiger partial charge on any atom is 0.416 e. The van der Waals surface area contributed by atoms with Gasteiger partial charge in [-0.1, -0.05) is 11.8 Å². The van der Waals surface area contributed by atoms with Crippen LogP contribution in [0, 0.1) is 0 Å². The van der Waals surface area contributed by atoms with E-state index >= 15 is 0 Å². The molecule has 2 rings (SSSR count). The SMILES string of the molecule is CC(Oc1ccc(Sc2ccc(C(F)(F)F)cc2)cc1)C(=O)O. The molecule has 3 nitrogen and oxygen atoms in total. The lowest BCUT2D eigenvalue weighted by atomic mass is 10.2. The average Bonchev–Trinajstić information content (AvgIpc) is 2.49. The van der Waals surface area contributed by atoms with Crippen molar-refractivity contribution in [3.63, 3.8) is 0 Å². The predicted octanol–water partition coefficient (Wildman–Crippen LogP) is 4.71. The van der Waals surface area contributed by atoms with E-state index in [1.54, 1.807) is 24.3 Å². The molecule has 0 aliphatic heterocycles. The third-order valence-corrected chi connectivity index (χ3v) is 3.92. The monoisotopic (exact) mass is 342 g/mol. The summed E-state index contributed by atoms with van der Waals surface area (Å²) < 4.78 is 42.7. The van der Waals surface area contributed by atoms with Gasteiger partial charge < -0.3 is 9.84 Å². The number of alkyl halides is 3. The summed E-state index contributed by atoms with van der Waals surface area (Å²) in [5.41, 5.74) is -0.687. The van der Waals surface area contributed by atoms with Crippen molar-refractivity contribution in [2.75, 3.05) is 0 Å². The molecule has 0 aliphatic carbocycles. The molecule has 1 atom stereocenters. The first-order valence-electron chi connectivity index (χ1n) is 6.60. The third kappa shape index (κ3) is 4.92. The number of rotatable bonds is 5. The first kappa shape index (κ1) is 17.2. The van der Waals surface area contributed by atoms with Gasteiger partial charge in [-0.3, -0.25) is 0 Å². The highest BCUT2D eigenvalue weighted by Gasteiger charge is 2.29. The molecule has 0 aromatic heterocycles. The normalized spacial score (nSPS) is 12.7. The molecule has 0 aliphatic rings. The summed E-state index contributed by atoms with van der Waals surface area (Å²) in [6.45, 7) is 1.42. The van der Waals surface area contributed by atoms with Gasteiger partial charge in [0.2, 0.25) is 0 Å². The second-order valence-corrected chi connectivity index (χ2v) is 5.84. The lowest BCUT2D eigenvalue weighted by Gasteiger charge is -2.11. The number of carboxylic acids is 1. The first-order valence-corrected chi connectivity index (χ1v) is 7.42. The third-order valence-electron chi connectivity index (χ3n) is 2.90. The molecule has 0 bridgehead atoms. The zero-order chi connectivity index (χ0) is 17.0. The fraction of sp³-hybridized carbons (Fsp3) is 0.188. The molecule has 0 radical (unpaired) electrons. The van der Waals surface area contributed by atoms with Crippen LogP contribution in [-0.4, -0.2) is 17.2 Å². The molecule has 2 aromatic carbocycles. The van der Waals surface area contributed by atoms with Crippen LogP contribution in [0.4, 0.5) is 13.2 Å². The highest BCUT2D eigenvalue weighted by molar-refractivity contribution is 7.99. The Morgan fingerprint density at radius 2 is 1.52 bits per heavy atom. The van der Waals surface area contributed by atoms with Crippen molar-refractivity contribution in [1.82, 2.24) is 0 Å². The van der Waals surface area contributed by atoms with Crippen LogP contribution in [-0.2, 0) is 11.0 Å². The molecular weight excluding hydrogens is 329 g/mol. The second-order valence-electron chi connectivity index (χ2n) is 4.69. The summed E-state index contributed by atoms with van der Waals surface area (Å²) in [6, 6.07) is 11.5. The summed E-state index contributed by atoms with van der Waals surface area (Å²) in [6.07, 6.45) is -5.30. The molecule has 0 saturated heterocycles. The number of carboxylic acid groups (broad SMARTS) is 1. The molecule has 0 fully saturated rings. The largest absolute Gasteiger partial charge is 0.479 e. The fourth-order valence-corrected chi connectivity index (χ4v) is 2.51. The van der Waals surface area contributed by atoms with Gasteiger partial charge in [0.05, 0.1) is 5.56 Å². The van der Waals surface area contributed by atoms with Gasteiger partial charge in [-0.25, -0.2) is 4.79 Å². The van der Waals surface area contributed by atoms with Gasteiger partial charge >= 0.3 is 12.1 Å². The minimum absolute atomic E-state index is 0.414. The van der Waals surface area contributed by atoms with Crippen molar-refractivity contribution < 1.29 is 27.8 Å². The number of ether oxygens (including phenoxy) is 1. The van der Waals surface area contributed by atoms with E-state index < -0.39 is 23.8 Å². The van der Waals surface area contributed by atoms with Crippen molar-refractivity contribution in [2.45, 2.75) is 29.0 Å². The zero-order valence-electron chi connectivity index (χ0n) is 12.0. The highest BCUT2D eigenvalue weighted by Crippen LogP contribution is 2.33. The molecule has 23 heavy (non-hydrogen) atoms. The van der Waals surface area contributed by atoms with Crippen LogP contribution in [0.15, 0.2) is 58.3 Å². The molecule has 0 amide bonds. The molecule has 2 aromatic rings. The lowest BCUT2D eigenvalue weighted by Crippen LogP contribution is -2.22. The van der Waals surface area contributed by atoms with Gasteiger partial charge in [-0.15, -0.1) is 0 Å². The Morgan fingerprint density at radius 1 is 1.04 bits per heavy atom. The average molecular weight is 342 g/mol. The quantitative estimate of drug-likeness (QED) is 0.855. The smallest absolute Gasteiger partial charge is 0.416 e. The zero-order valence-corrected chi connectivity index (χ0v) is 12.8. The van der Waals surface area contributed by atoms with Crippen molar-refractivity contribution >= 4 is 17.7 Å². The highest BCUT2D eigenvalue weighted by atomic mass is 32.2. The Labute approximate surface area is 135 Å². The summed E-state index contributed by atoms with van der Waals surface area (Å²) in [5.74, 6) is -0.648. The van der Waals surface area contributed by atoms with E-state index in [-0.39, 0.29) is 0 Å². The Hall–Kier alpha value is -2.15. The Bertz CT molecular complexity index is 666. The molecule has 1 N–H and O–H groups in total. The van der Waals surface area contributed by atoms with E-state index in [4.69, 9.17) is 9.84 Å². The van der Waals surface area contributed by atoms with E-state index in [9.17, 15) is 18.0 Å². The van der Waals surface area contributed by atoms with Crippen molar-refractivity contribution in [3.05, 3.63) is 54.1 Å². The van der Waals surface area contributed by atoms with Crippen LogP contribution < -0.4 is 4.74 Å². The number of hydrogen-bond acceptors (Lipinski definition) is 3. The van der Waals surface area contributed by atoms with Gasteiger partial charge in [0, 0.05) is 9.79 Å². The second kappa shape index (κ2) is 6.95. The van der Waals surface area contributed by atoms with Crippen molar-refractivity contribution in [3.8, 4) is 5.75 Å². The van der Waals surface area contributed by atoms with Crippen LogP contribution in [0.25, 0.3) is 0 Å². The van der Waals surface area contributed by atoms with Crippen LogP contribution in [0.1, 0.15) is 12.5 Å². The molecule has 7 heteroatoms. The van der Waals surface area contributed by atoms with Gasteiger partial charge in [0.1, 0.15) is 5.75 Å². The van der Waals surface area contributed by atoms with Gasteiger partial charge in [-0.2, -0.15) is 13.2 Å². The topological polar surface area (TPSA) is 46.5 Å². The maximum absolute atomic E-state index is 12.5. The van der Waals surface area contributed by atoms with E-state index in [2.05, 4.69) is 0 Å². The number of carbonyl (C=O) groups is 1. The molecule has 0 saturated carbocycles. The molecule has 122 valence electrons. The van der Waals surface area contributed by atoms with Crippen LogP contribution in [0.2, 0.25) is 0 Å². The van der Waals surface area contributed by atoms with Gasteiger partial charge in [0.15, 0.2) is 6.10 Å². The fourth-order valence-electron chi connectivity index (χ4n) is 1.69. The van der Waals surface area contributed by atoms with E-state index in [0.29, 0.717) is 10.6 Å². The van der Waals surface area contributed by atoms with E-state index in [0.717, 1.165) is 17.0 Å². The minimum Gasteiger partial charge on any atom is -0.479 e. The number of halogens is 3. The first-order chi connectivity index (χ1) is 10.8.